The average molecular weight is 338 g/mol. The standard InChI is InChI=1S/C17H20ClNO4/c1-10-8-11(2)13(12(18)9-10)14-15(20)17(23-16(14)21)4-6-19(22-3)7-5-17/h8-9,14H,4-7H2,1-3H3. The van der Waals surface area contributed by atoms with Crippen LogP contribution in [0.3, 0.4) is 0 Å². The zero-order valence-electron chi connectivity index (χ0n) is 13.5. The third kappa shape index (κ3) is 2.67. The highest BCUT2D eigenvalue weighted by molar-refractivity contribution is 6.32. The molecule has 1 aromatic rings. The van der Waals surface area contributed by atoms with E-state index in [0.717, 1.165) is 11.1 Å². The molecular formula is C17H20ClNO4. The molecule has 3 rings (SSSR count). The second kappa shape index (κ2) is 5.89. The number of aryl methyl sites for hydroxylation is 2. The monoisotopic (exact) mass is 337 g/mol. The van der Waals surface area contributed by atoms with Crippen LogP contribution in [0.25, 0.3) is 0 Å². The molecule has 0 saturated carbocycles. The van der Waals surface area contributed by atoms with Gasteiger partial charge in [-0.25, -0.2) is 0 Å². The van der Waals surface area contributed by atoms with Crippen LogP contribution in [0.2, 0.25) is 5.02 Å². The Balaban J connectivity index is 1.94. The number of carbonyl (C=O) groups is 2. The van der Waals surface area contributed by atoms with E-state index < -0.39 is 17.5 Å². The summed E-state index contributed by atoms with van der Waals surface area (Å²) in [6, 6.07) is 3.71. The Labute approximate surface area is 140 Å². The number of carbonyl (C=O) groups excluding carboxylic acids is 2. The van der Waals surface area contributed by atoms with E-state index in [9.17, 15) is 9.59 Å². The maximum atomic E-state index is 13.0. The Morgan fingerprint density at radius 1 is 1.26 bits per heavy atom. The first-order valence-electron chi connectivity index (χ1n) is 7.71. The number of benzene rings is 1. The fourth-order valence-electron chi connectivity index (χ4n) is 3.59. The zero-order valence-corrected chi connectivity index (χ0v) is 14.3. The van der Waals surface area contributed by atoms with Gasteiger partial charge < -0.3 is 9.57 Å². The Bertz CT molecular complexity index is 642. The van der Waals surface area contributed by atoms with Crippen LogP contribution in [-0.4, -0.2) is 42.6 Å². The number of ketones is 1. The van der Waals surface area contributed by atoms with Gasteiger partial charge in [0.15, 0.2) is 11.4 Å². The highest BCUT2D eigenvalue weighted by Gasteiger charge is 2.57. The topological polar surface area (TPSA) is 55.8 Å². The zero-order chi connectivity index (χ0) is 16.8. The minimum absolute atomic E-state index is 0.174. The Morgan fingerprint density at radius 3 is 2.48 bits per heavy atom. The summed E-state index contributed by atoms with van der Waals surface area (Å²) in [5.74, 6) is -1.58. The molecule has 0 aliphatic carbocycles. The lowest BCUT2D eigenvalue weighted by Crippen LogP contribution is -2.48. The molecule has 6 heteroatoms. The average Bonchev–Trinajstić information content (AvgIpc) is 2.72. The van der Waals surface area contributed by atoms with Gasteiger partial charge in [-0.2, -0.15) is 5.06 Å². The van der Waals surface area contributed by atoms with E-state index in [0.29, 0.717) is 36.5 Å². The Hall–Kier alpha value is -1.43. The molecule has 0 radical (unpaired) electrons. The van der Waals surface area contributed by atoms with Crippen LogP contribution in [-0.2, 0) is 19.2 Å². The number of Topliss-reactive ketones (excluding diaryl/α,β-unsaturated/α-hetero) is 1. The molecule has 23 heavy (non-hydrogen) atoms. The van der Waals surface area contributed by atoms with Gasteiger partial charge in [0.2, 0.25) is 0 Å². The molecular weight excluding hydrogens is 318 g/mol. The van der Waals surface area contributed by atoms with Crippen molar-refractivity contribution in [2.75, 3.05) is 20.2 Å². The molecule has 5 nitrogen and oxygen atoms in total. The predicted octanol–water partition coefficient (Wildman–Crippen LogP) is 2.56. The molecule has 2 saturated heterocycles. The molecule has 0 bridgehead atoms. The number of halogens is 1. The number of piperidine rings is 1. The van der Waals surface area contributed by atoms with Crippen molar-refractivity contribution >= 4 is 23.4 Å². The third-order valence-electron chi connectivity index (χ3n) is 4.80. The van der Waals surface area contributed by atoms with E-state index in [4.69, 9.17) is 21.2 Å². The van der Waals surface area contributed by atoms with Gasteiger partial charge in [0.05, 0.1) is 7.11 Å². The SMILES string of the molecule is CON1CCC2(CC1)OC(=O)C(c1c(C)cc(C)cc1Cl)C2=O. The first kappa shape index (κ1) is 16.4. The lowest BCUT2D eigenvalue weighted by molar-refractivity contribution is -0.184. The smallest absolute Gasteiger partial charge is 0.322 e. The van der Waals surface area contributed by atoms with Crippen LogP contribution in [0.1, 0.15) is 35.4 Å². The second-order valence-corrected chi connectivity index (χ2v) is 6.71. The van der Waals surface area contributed by atoms with Crippen LogP contribution >= 0.6 is 11.6 Å². The van der Waals surface area contributed by atoms with Crippen molar-refractivity contribution in [2.45, 2.75) is 38.2 Å². The molecule has 2 fully saturated rings. The van der Waals surface area contributed by atoms with Crippen LogP contribution in [0.5, 0.6) is 0 Å². The molecule has 2 aliphatic rings. The molecule has 0 amide bonds. The minimum Gasteiger partial charge on any atom is -0.450 e. The number of nitrogens with zero attached hydrogens (tertiary/aromatic N) is 1. The van der Waals surface area contributed by atoms with Crippen molar-refractivity contribution in [3.63, 3.8) is 0 Å². The molecule has 1 atom stereocenters. The molecule has 1 spiro atoms. The van der Waals surface area contributed by atoms with Crippen molar-refractivity contribution in [3.8, 4) is 0 Å². The summed E-state index contributed by atoms with van der Waals surface area (Å²) in [4.78, 5) is 30.6. The number of hydroxylamine groups is 2. The van der Waals surface area contributed by atoms with Gasteiger partial charge >= 0.3 is 5.97 Å². The van der Waals surface area contributed by atoms with Crippen molar-refractivity contribution < 1.29 is 19.2 Å². The summed E-state index contributed by atoms with van der Waals surface area (Å²) < 4.78 is 5.57. The quantitative estimate of drug-likeness (QED) is 0.613. The summed E-state index contributed by atoms with van der Waals surface area (Å²) in [5, 5.41) is 2.22. The van der Waals surface area contributed by atoms with Gasteiger partial charge in [0.25, 0.3) is 0 Å². The van der Waals surface area contributed by atoms with Crippen LogP contribution in [0, 0.1) is 13.8 Å². The Kier molecular flexibility index (Phi) is 4.21. The van der Waals surface area contributed by atoms with E-state index in [2.05, 4.69) is 0 Å². The molecule has 2 aliphatic heterocycles. The van der Waals surface area contributed by atoms with Gasteiger partial charge in [0.1, 0.15) is 5.92 Å². The number of rotatable bonds is 2. The Morgan fingerprint density at radius 2 is 1.91 bits per heavy atom. The largest absolute Gasteiger partial charge is 0.450 e. The first-order chi connectivity index (χ1) is 10.9. The van der Waals surface area contributed by atoms with Crippen LogP contribution in [0.4, 0.5) is 0 Å². The van der Waals surface area contributed by atoms with E-state index in [1.807, 2.05) is 19.9 Å². The van der Waals surface area contributed by atoms with E-state index in [1.165, 1.54) is 0 Å². The van der Waals surface area contributed by atoms with Crippen molar-refractivity contribution in [3.05, 3.63) is 33.8 Å². The van der Waals surface area contributed by atoms with Crippen LogP contribution < -0.4 is 0 Å². The first-order valence-corrected chi connectivity index (χ1v) is 8.08. The van der Waals surface area contributed by atoms with E-state index in [1.54, 1.807) is 18.2 Å². The normalized spacial score (nSPS) is 24.3. The molecule has 1 unspecified atom stereocenters. The van der Waals surface area contributed by atoms with E-state index >= 15 is 0 Å². The molecule has 0 N–H and O–H groups in total. The fourth-order valence-corrected chi connectivity index (χ4v) is 4.02. The van der Waals surface area contributed by atoms with Gasteiger partial charge in [0, 0.05) is 31.0 Å². The van der Waals surface area contributed by atoms with Crippen LogP contribution in [0.15, 0.2) is 12.1 Å². The fraction of sp³-hybridized carbons (Fsp3) is 0.529. The molecule has 0 aromatic heterocycles. The minimum atomic E-state index is -1.03. The summed E-state index contributed by atoms with van der Waals surface area (Å²) in [6.07, 6.45) is 0.898. The van der Waals surface area contributed by atoms with Crippen molar-refractivity contribution in [1.29, 1.82) is 0 Å². The summed E-state index contributed by atoms with van der Waals surface area (Å²) in [7, 11) is 1.60. The van der Waals surface area contributed by atoms with Gasteiger partial charge in [-0.1, -0.05) is 17.7 Å². The highest BCUT2D eigenvalue weighted by Crippen LogP contribution is 2.43. The predicted molar refractivity (Wildman–Crippen MR) is 85.3 cm³/mol. The number of hydrogen-bond acceptors (Lipinski definition) is 5. The summed E-state index contributed by atoms with van der Waals surface area (Å²) in [5.41, 5.74) is 1.39. The third-order valence-corrected chi connectivity index (χ3v) is 5.11. The maximum Gasteiger partial charge on any atom is 0.322 e. The van der Waals surface area contributed by atoms with Crippen molar-refractivity contribution in [1.82, 2.24) is 5.06 Å². The lowest BCUT2D eigenvalue weighted by atomic mass is 9.81. The maximum absolute atomic E-state index is 13.0. The second-order valence-electron chi connectivity index (χ2n) is 6.30. The number of esters is 1. The lowest BCUT2D eigenvalue weighted by Gasteiger charge is -2.35. The number of ether oxygens (including phenoxy) is 1. The molecule has 2 heterocycles. The summed E-state index contributed by atoms with van der Waals surface area (Å²) in [6.45, 7) is 4.92. The van der Waals surface area contributed by atoms with E-state index in [-0.39, 0.29) is 5.78 Å². The van der Waals surface area contributed by atoms with Gasteiger partial charge in [-0.05, 0) is 36.6 Å². The van der Waals surface area contributed by atoms with Gasteiger partial charge in [-0.3, -0.25) is 9.59 Å². The highest BCUT2D eigenvalue weighted by atomic mass is 35.5. The summed E-state index contributed by atoms with van der Waals surface area (Å²) >= 11 is 6.33. The number of hydrogen-bond donors (Lipinski definition) is 0. The molecule has 1 aromatic carbocycles. The van der Waals surface area contributed by atoms with Gasteiger partial charge in [-0.15, -0.1) is 0 Å². The molecule has 124 valence electrons. The van der Waals surface area contributed by atoms with Crippen molar-refractivity contribution in [2.24, 2.45) is 0 Å².